The van der Waals surface area contributed by atoms with Crippen molar-refractivity contribution < 1.29 is 0 Å². The Labute approximate surface area is 104 Å². The molecule has 1 aromatic rings. The van der Waals surface area contributed by atoms with Gasteiger partial charge < -0.3 is 5.32 Å². The summed E-state index contributed by atoms with van der Waals surface area (Å²) < 4.78 is 0. The van der Waals surface area contributed by atoms with E-state index in [-0.39, 0.29) is 5.54 Å². The molecule has 0 amide bonds. The molecule has 92 valence electrons. The molecule has 2 heteroatoms. The summed E-state index contributed by atoms with van der Waals surface area (Å²) in [6, 6.07) is 12.4. The summed E-state index contributed by atoms with van der Waals surface area (Å²) in [6.45, 7) is 6.92. The van der Waals surface area contributed by atoms with Gasteiger partial charge in [0.2, 0.25) is 0 Å². The van der Waals surface area contributed by atoms with E-state index in [4.69, 9.17) is 0 Å². The SMILES string of the molecule is CC1CNC(C)(c2ccccc2)CN1C1CC1. The number of piperazine rings is 1. The van der Waals surface area contributed by atoms with E-state index in [2.05, 4.69) is 54.4 Å². The average Bonchev–Trinajstić information content (AvgIpc) is 3.18. The Balaban J connectivity index is 1.83. The molecule has 1 saturated carbocycles. The maximum absolute atomic E-state index is 3.73. The highest BCUT2D eigenvalue weighted by molar-refractivity contribution is 5.25. The second-order valence-electron chi connectivity index (χ2n) is 5.83. The molecule has 0 radical (unpaired) electrons. The zero-order chi connectivity index (χ0) is 11.9. The minimum Gasteiger partial charge on any atom is -0.305 e. The zero-order valence-electron chi connectivity index (χ0n) is 10.8. The quantitative estimate of drug-likeness (QED) is 0.839. The number of nitrogens with one attached hydrogen (secondary N) is 1. The van der Waals surface area contributed by atoms with Crippen LogP contribution in [0.1, 0.15) is 32.3 Å². The molecule has 0 spiro atoms. The van der Waals surface area contributed by atoms with Crippen molar-refractivity contribution in [1.82, 2.24) is 10.2 Å². The molecular formula is C15H22N2. The first-order chi connectivity index (χ1) is 8.19. The smallest absolute Gasteiger partial charge is 0.0535 e. The highest BCUT2D eigenvalue weighted by atomic mass is 15.3. The lowest BCUT2D eigenvalue weighted by Gasteiger charge is -2.45. The molecule has 1 saturated heterocycles. The first kappa shape index (κ1) is 11.2. The van der Waals surface area contributed by atoms with Crippen molar-refractivity contribution in [3.63, 3.8) is 0 Å². The van der Waals surface area contributed by atoms with Gasteiger partial charge in [-0.05, 0) is 32.3 Å². The van der Waals surface area contributed by atoms with Crippen molar-refractivity contribution in [1.29, 1.82) is 0 Å². The maximum Gasteiger partial charge on any atom is 0.0535 e. The summed E-state index contributed by atoms with van der Waals surface area (Å²) in [5, 5.41) is 3.73. The van der Waals surface area contributed by atoms with Gasteiger partial charge in [0.05, 0.1) is 5.54 Å². The lowest BCUT2D eigenvalue weighted by atomic mass is 9.88. The van der Waals surface area contributed by atoms with Crippen LogP contribution in [0.3, 0.4) is 0 Å². The summed E-state index contributed by atoms with van der Waals surface area (Å²) in [6.07, 6.45) is 2.80. The topological polar surface area (TPSA) is 15.3 Å². The third-order valence-corrected chi connectivity index (χ3v) is 4.28. The molecule has 2 aliphatic rings. The van der Waals surface area contributed by atoms with Crippen molar-refractivity contribution in [2.45, 2.75) is 44.3 Å². The van der Waals surface area contributed by atoms with Gasteiger partial charge in [0.15, 0.2) is 0 Å². The third kappa shape index (κ3) is 2.12. The molecule has 1 heterocycles. The van der Waals surface area contributed by atoms with Crippen molar-refractivity contribution in [3.05, 3.63) is 35.9 Å². The van der Waals surface area contributed by atoms with Crippen molar-refractivity contribution in [2.24, 2.45) is 0 Å². The first-order valence-electron chi connectivity index (χ1n) is 6.75. The Bertz CT molecular complexity index is 385. The predicted molar refractivity (Wildman–Crippen MR) is 71.0 cm³/mol. The second-order valence-corrected chi connectivity index (χ2v) is 5.83. The molecule has 3 rings (SSSR count). The van der Waals surface area contributed by atoms with Crippen LogP contribution in [-0.2, 0) is 5.54 Å². The second kappa shape index (κ2) is 4.11. The van der Waals surface area contributed by atoms with E-state index in [0.29, 0.717) is 6.04 Å². The molecule has 1 aliphatic carbocycles. The molecular weight excluding hydrogens is 208 g/mol. The number of hydrogen-bond acceptors (Lipinski definition) is 2. The van der Waals surface area contributed by atoms with Gasteiger partial charge in [-0.1, -0.05) is 30.3 Å². The minimum absolute atomic E-state index is 0.121. The van der Waals surface area contributed by atoms with Crippen LogP contribution in [0.4, 0.5) is 0 Å². The van der Waals surface area contributed by atoms with Gasteiger partial charge in [0, 0.05) is 25.2 Å². The van der Waals surface area contributed by atoms with E-state index in [1.165, 1.54) is 18.4 Å². The summed E-state index contributed by atoms with van der Waals surface area (Å²) >= 11 is 0. The molecule has 17 heavy (non-hydrogen) atoms. The van der Waals surface area contributed by atoms with Crippen molar-refractivity contribution in [3.8, 4) is 0 Å². The molecule has 1 aliphatic heterocycles. The Morgan fingerprint density at radius 2 is 1.94 bits per heavy atom. The van der Waals surface area contributed by atoms with Crippen LogP contribution in [0.5, 0.6) is 0 Å². The standard InChI is InChI=1S/C15H22N2/c1-12-10-16-15(2,11-17(12)14-8-9-14)13-6-4-3-5-7-13/h3-7,12,14,16H,8-11H2,1-2H3. The van der Waals surface area contributed by atoms with Crippen LogP contribution < -0.4 is 5.32 Å². The van der Waals surface area contributed by atoms with E-state index in [9.17, 15) is 0 Å². The number of benzene rings is 1. The van der Waals surface area contributed by atoms with E-state index in [1.807, 2.05) is 0 Å². The van der Waals surface area contributed by atoms with Crippen molar-refractivity contribution in [2.75, 3.05) is 13.1 Å². The largest absolute Gasteiger partial charge is 0.305 e. The van der Waals surface area contributed by atoms with Crippen LogP contribution in [0.2, 0.25) is 0 Å². The maximum atomic E-state index is 3.73. The lowest BCUT2D eigenvalue weighted by molar-refractivity contribution is 0.0873. The van der Waals surface area contributed by atoms with Gasteiger partial charge in [0.25, 0.3) is 0 Å². The zero-order valence-corrected chi connectivity index (χ0v) is 10.8. The first-order valence-corrected chi connectivity index (χ1v) is 6.75. The van der Waals surface area contributed by atoms with Crippen molar-refractivity contribution >= 4 is 0 Å². The Morgan fingerprint density at radius 1 is 1.24 bits per heavy atom. The Hall–Kier alpha value is -0.860. The third-order valence-electron chi connectivity index (χ3n) is 4.28. The van der Waals surface area contributed by atoms with Crippen LogP contribution >= 0.6 is 0 Å². The average molecular weight is 230 g/mol. The monoisotopic (exact) mass is 230 g/mol. The molecule has 2 unspecified atom stereocenters. The summed E-state index contributed by atoms with van der Waals surface area (Å²) in [5.74, 6) is 0. The Kier molecular flexibility index (Phi) is 2.72. The molecule has 2 nitrogen and oxygen atoms in total. The summed E-state index contributed by atoms with van der Waals surface area (Å²) in [4.78, 5) is 2.70. The summed E-state index contributed by atoms with van der Waals surface area (Å²) in [7, 11) is 0. The van der Waals surface area contributed by atoms with Gasteiger partial charge in [-0.25, -0.2) is 0 Å². The van der Waals surface area contributed by atoms with Crippen LogP contribution in [0.25, 0.3) is 0 Å². The highest BCUT2D eigenvalue weighted by Crippen LogP contribution is 2.34. The molecule has 0 bridgehead atoms. The normalized spacial score (nSPS) is 34.8. The van der Waals surface area contributed by atoms with Crippen LogP contribution in [0, 0.1) is 0 Å². The fourth-order valence-corrected chi connectivity index (χ4v) is 2.96. The number of nitrogens with zero attached hydrogens (tertiary/aromatic N) is 1. The Morgan fingerprint density at radius 3 is 2.59 bits per heavy atom. The number of hydrogen-bond donors (Lipinski definition) is 1. The van der Waals surface area contributed by atoms with Gasteiger partial charge in [-0.2, -0.15) is 0 Å². The number of rotatable bonds is 2. The fraction of sp³-hybridized carbons (Fsp3) is 0.600. The van der Waals surface area contributed by atoms with Gasteiger partial charge in [-0.3, -0.25) is 4.90 Å². The molecule has 0 aromatic heterocycles. The highest BCUT2D eigenvalue weighted by Gasteiger charge is 2.41. The van der Waals surface area contributed by atoms with Crippen LogP contribution in [-0.4, -0.2) is 30.1 Å². The van der Waals surface area contributed by atoms with E-state index < -0.39 is 0 Å². The predicted octanol–water partition coefficient (Wildman–Crippen LogP) is 2.36. The summed E-state index contributed by atoms with van der Waals surface area (Å²) in [5.41, 5.74) is 1.54. The minimum atomic E-state index is 0.121. The molecule has 2 fully saturated rings. The van der Waals surface area contributed by atoms with Gasteiger partial charge in [-0.15, -0.1) is 0 Å². The fourth-order valence-electron chi connectivity index (χ4n) is 2.96. The van der Waals surface area contributed by atoms with Gasteiger partial charge >= 0.3 is 0 Å². The van der Waals surface area contributed by atoms with E-state index >= 15 is 0 Å². The molecule has 2 atom stereocenters. The molecule has 1 N–H and O–H groups in total. The van der Waals surface area contributed by atoms with Crippen LogP contribution in [0.15, 0.2) is 30.3 Å². The van der Waals surface area contributed by atoms with Gasteiger partial charge in [0.1, 0.15) is 0 Å². The lowest BCUT2D eigenvalue weighted by Crippen LogP contribution is -2.60. The molecule has 1 aromatic carbocycles. The van der Waals surface area contributed by atoms with E-state index in [1.54, 1.807) is 0 Å². The van der Waals surface area contributed by atoms with E-state index in [0.717, 1.165) is 19.1 Å².